The number of unbranched alkanes of at least 4 members (excludes halogenated alkanes) is 2. The lowest BCUT2D eigenvalue weighted by Gasteiger charge is -1.96. The summed E-state index contributed by atoms with van der Waals surface area (Å²) in [5.74, 6) is 0.790. The molecule has 15 heavy (non-hydrogen) atoms. The van der Waals surface area contributed by atoms with Gasteiger partial charge < -0.3 is 0 Å². The molecule has 0 N–H and O–H groups in total. The first-order valence-corrected chi connectivity index (χ1v) is 6.22. The Morgan fingerprint density at radius 2 is 1.67 bits per heavy atom. The van der Waals surface area contributed by atoms with Crippen molar-refractivity contribution in [2.45, 2.75) is 32.1 Å². The van der Waals surface area contributed by atoms with E-state index in [0.29, 0.717) is 0 Å². The number of aryl methyl sites for hydroxylation is 1. The fourth-order valence-corrected chi connectivity index (χ4v) is 1.68. The number of benzene rings is 1. The molecule has 0 radical (unpaired) electrons. The van der Waals surface area contributed by atoms with E-state index in [1.54, 1.807) is 0 Å². The van der Waals surface area contributed by atoms with Gasteiger partial charge in [0.25, 0.3) is 0 Å². The Morgan fingerprint density at radius 1 is 0.933 bits per heavy atom. The Bertz CT molecular complexity index is 264. The number of halogens is 1. The van der Waals surface area contributed by atoms with E-state index in [0.717, 1.165) is 25.1 Å². The highest BCUT2D eigenvalue weighted by Gasteiger charge is 1.88. The summed E-state index contributed by atoms with van der Waals surface area (Å²) in [7, 11) is 0. The lowest BCUT2D eigenvalue weighted by atomic mass is 10.1. The van der Waals surface area contributed by atoms with Crippen LogP contribution in [0.15, 0.2) is 42.5 Å². The van der Waals surface area contributed by atoms with Crippen molar-refractivity contribution >= 4 is 11.6 Å². The van der Waals surface area contributed by atoms with Gasteiger partial charge in [0.1, 0.15) is 0 Å². The Kier molecular flexibility index (Phi) is 7.02. The van der Waals surface area contributed by atoms with Crippen LogP contribution in [0.5, 0.6) is 0 Å². The Balaban J connectivity index is 2.06. The fraction of sp³-hybridized carbons (Fsp3) is 0.429. The number of allylic oxidation sites excluding steroid dienone is 2. The fourth-order valence-electron chi connectivity index (χ4n) is 1.49. The second kappa shape index (κ2) is 8.55. The van der Waals surface area contributed by atoms with Gasteiger partial charge in [-0.25, -0.2) is 0 Å². The molecule has 1 aromatic rings. The third kappa shape index (κ3) is 6.35. The molecular weight excluding hydrogens is 204 g/mol. The van der Waals surface area contributed by atoms with Crippen molar-refractivity contribution < 1.29 is 0 Å². The SMILES string of the molecule is ClCCCC/C=C\CCc1ccccc1. The molecule has 0 amide bonds. The Hall–Kier alpha value is -0.750. The third-order valence-corrected chi connectivity index (χ3v) is 2.63. The second-order valence-corrected chi connectivity index (χ2v) is 4.06. The second-order valence-electron chi connectivity index (χ2n) is 3.68. The minimum absolute atomic E-state index is 0.790. The zero-order valence-corrected chi connectivity index (χ0v) is 9.92. The standard InChI is InChI=1S/C14H19Cl/c15-13-9-4-2-1-3-6-10-14-11-7-5-8-12-14/h1,3,5,7-8,11-12H,2,4,6,9-10,13H2/b3-1-. The van der Waals surface area contributed by atoms with E-state index in [4.69, 9.17) is 11.6 Å². The maximum atomic E-state index is 5.60. The van der Waals surface area contributed by atoms with E-state index in [1.165, 1.54) is 18.4 Å². The smallest absolute Gasteiger partial charge is 0.0223 e. The summed E-state index contributed by atoms with van der Waals surface area (Å²) in [6, 6.07) is 10.6. The molecule has 0 aliphatic carbocycles. The maximum absolute atomic E-state index is 5.60. The Morgan fingerprint density at radius 3 is 2.40 bits per heavy atom. The van der Waals surface area contributed by atoms with Crippen LogP contribution < -0.4 is 0 Å². The molecule has 0 fully saturated rings. The van der Waals surface area contributed by atoms with Crippen molar-refractivity contribution in [1.82, 2.24) is 0 Å². The molecule has 0 heterocycles. The molecule has 0 spiro atoms. The minimum Gasteiger partial charge on any atom is -0.127 e. The highest BCUT2D eigenvalue weighted by molar-refractivity contribution is 6.17. The summed E-state index contributed by atoms with van der Waals surface area (Å²) in [6.45, 7) is 0. The van der Waals surface area contributed by atoms with Crippen LogP contribution in [-0.2, 0) is 6.42 Å². The number of hydrogen-bond acceptors (Lipinski definition) is 0. The third-order valence-electron chi connectivity index (χ3n) is 2.36. The quantitative estimate of drug-likeness (QED) is 0.360. The lowest BCUT2D eigenvalue weighted by molar-refractivity contribution is 0.816. The predicted molar refractivity (Wildman–Crippen MR) is 68.5 cm³/mol. The molecule has 0 atom stereocenters. The summed E-state index contributed by atoms with van der Waals surface area (Å²) in [6.07, 6.45) is 10.4. The molecule has 1 heteroatoms. The topological polar surface area (TPSA) is 0 Å². The molecule has 0 saturated heterocycles. The van der Waals surface area contributed by atoms with Gasteiger partial charge in [0.2, 0.25) is 0 Å². The predicted octanol–water partition coefficient (Wildman–Crippen LogP) is 4.58. The van der Waals surface area contributed by atoms with Gasteiger partial charge >= 0.3 is 0 Å². The van der Waals surface area contributed by atoms with Gasteiger partial charge in [-0.05, 0) is 37.7 Å². The molecular formula is C14H19Cl. The molecule has 0 bridgehead atoms. The van der Waals surface area contributed by atoms with E-state index in [9.17, 15) is 0 Å². The van der Waals surface area contributed by atoms with Crippen molar-refractivity contribution in [1.29, 1.82) is 0 Å². The number of hydrogen-bond donors (Lipinski definition) is 0. The summed E-state index contributed by atoms with van der Waals surface area (Å²) in [5, 5.41) is 0. The van der Waals surface area contributed by atoms with E-state index < -0.39 is 0 Å². The molecule has 0 unspecified atom stereocenters. The molecule has 0 saturated carbocycles. The number of rotatable bonds is 7. The van der Waals surface area contributed by atoms with Gasteiger partial charge in [0.15, 0.2) is 0 Å². The van der Waals surface area contributed by atoms with Gasteiger partial charge in [-0.2, -0.15) is 0 Å². The molecule has 0 aromatic heterocycles. The summed E-state index contributed by atoms with van der Waals surface area (Å²) >= 11 is 5.60. The normalized spacial score (nSPS) is 11.0. The Labute approximate surface area is 98.0 Å². The van der Waals surface area contributed by atoms with Crippen molar-refractivity contribution in [2.24, 2.45) is 0 Å². The van der Waals surface area contributed by atoms with Crippen LogP contribution in [0.4, 0.5) is 0 Å². The van der Waals surface area contributed by atoms with E-state index in [1.807, 2.05) is 0 Å². The van der Waals surface area contributed by atoms with Crippen LogP contribution in [0.3, 0.4) is 0 Å². The van der Waals surface area contributed by atoms with Crippen molar-refractivity contribution in [3.05, 3.63) is 48.0 Å². The molecule has 1 rings (SSSR count). The monoisotopic (exact) mass is 222 g/mol. The van der Waals surface area contributed by atoms with Gasteiger partial charge in [0, 0.05) is 5.88 Å². The first-order chi connectivity index (χ1) is 7.43. The average molecular weight is 223 g/mol. The molecule has 82 valence electrons. The average Bonchev–Trinajstić information content (AvgIpc) is 2.29. The van der Waals surface area contributed by atoms with Gasteiger partial charge in [0.05, 0.1) is 0 Å². The highest BCUT2D eigenvalue weighted by atomic mass is 35.5. The molecule has 0 aliphatic rings. The molecule has 1 aromatic carbocycles. The van der Waals surface area contributed by atoms with Crippen LogP contribution in [0.1, 0.15) is 31.2 Å². The molecule has 0 aliphatic heterocycles. The zero-order chi connectivity index (χ0) is 10.8. The largest absolute Gasteiger partial charge is 0.127 e. The van der Waals surface area contributed by atoms with Crippen molar-refractivity contribution in [3.8, 4) is 0 Å². The maximum Gasteiger partial charge on any atom is 0.0223 e. The van der Waals surface area contributed by atoms with E-state index in [2.05, 4.69) is 42.5 Å². The van der Waals surface area contributed by atoms with Gasteiger partial charge in [-0.1, -0.05) is 42.5 Å². The first-order valence-electron chi connectivity index (χ1n) is 5.68. The lowest BCUT2D eigenvalue weighted by Crippen LogP contribution is -1.81. The van der Waals surface area contributed by atoms with Crippen LogP contribution in [-0.4, -0.2) is 5.88 Å². The van der Waals surface area contributed by atoms with Crippen LogP contribution >= 0.6 is 11.6 Å². The summed E-state index contributed by atoms with van der Waals surface area (Å²) in [5.41, 5.74) is 1.42. The summed E-state index contributed by atoms with van der Waals surface area (Å²) in [4.78, 5) is 0. The van der Waals surface area contributed by atoms with Gasteiger partial charge in [-0.15, -0.1) is 11.6 Å². The number of alkyl halides is 1. The highest BCUT2D eigenvalue weighted by Crippen LogP contribution is 2.04. The molecule has 0 nitrogen and oxygen atoms in total. The van der Waals surface area contributed by atoms with E-state index in [-0.39, 0.29) is 0 Å². The summed E-state index contributed by atoms with van der Waals surface area (Å²) < 4.78 is 0. The zero-order valence-electron chi connectivity index (χ0n) is 9.16. The van der Waals surface area contributed by atoms with E-state index >= 15 is 0 Å². The van der Waals surface area contributed by atoms with Crippen LogP contribution in [0, 0.1) is 0 Å². The minimum atomic E-state index is 0.790. The van der Waals surface area contributed by atoms with Crippen molar-refractivity contribution in [3.63, 3.8) is 0 Å². The van der Waals surface area contributed by atoms with Crippen LogP contribution in [0.25, 0.3) is 0 Å². The van der Waals surface area contributed by atoms with Crippen LogP contribution in [0.2, 0.25) is 0 Å². The first kappa shape index (κ1) is 12.3. The van der Waals surface area contributed by atoms with Crippen molar-refractivity contribution in [2.75, 3.05) is 5.88 Å². The van der Waals surface area contributed by atoms with Gasteiger partial charge in [-0.3, -0.25) is 0 Å².